The molecule has 1 heterocycles. The number of ether oxygens (including phenoxy) is 2. The van der Waals surface area contributed by atoms with Gasteiger partial charge in [-0.1, -0.05) is 53.2 Å². The van der Waals surface area contributed by atoms with Crippen LogP contribution in [0.1, 0.15) is 35.7 Å². The van der Waals surface area contributed by atoms with Crippen molar-refractivity contribution in [2.24, 2.45) is 0 Å². The van der Waals surface area contributed by atoms with Gasteiger partial charge in [0.15, 0.2) is 5.11 Å². The normalized spacial score (nSPS) is 15.2. The van der Waals surface area contributed by atoms with Gasteiger partial charge in [-0.2, -0.15) is 0 Å². The van der Waals surface area contributed by atoms with E-state index in [1.807, 2.05) is 37.3 Å². The lowest BCUT2D eigenvalue weighted by molar-refractivity contribution is -0.147. The van der Waals surface area contributed by atoms with Crippen LogP contribution in [0.5, 0.6) is 5.75 Å². The van der Waals surface area contributed by atoms with Gasteiger partial charge in [0.25, 0.3) is 5.91 Å². The lowest BCUT2D eigenvalue weighted by atomic mass is 10.1. The van der Waals surface area contributed by atoms with E-state index in [0.717, 1.165) is 5.56 Å². The van der Waals surface area contributed by atoms with Crippen LogP contribution in [-0.4, -0.2) is 60.1 Å². The molecule has 10 heteroatoms. The molecule has 1 unspecified atom stereocenters. The number of halogens is 1. The summed E-state index contributed by atoms with van der Waals surface area (Å²) in [4.78, 5) is 39.3. The van der Waals surface area contributed by atoms with Crippen LogP contribution in [0.4, 0.5) is 0 Å². The summed E-state index contributed by atoms with van der Waals surface area (Å²) in [5.41, 5.74) is 1.43. The second-order valence-electron chi connectivity index (χ2n) is 7.91. The zero-order chi connectivity index (χ0) is 25.2. The maximum Gasteiger partial charge on any atom is 0.308 e. The van der Waals surface area contributed by atoms with E-state index >= 15 is 0 Å². The quantitative estimate of drug-likeness (QED) is 0.358. The highest BCUT2D eigenvalue weighted by atomic mass is 79.9. The smallest absolute Gasteiger partial charge is 0.308 e. The van der Waals surface area contributed by atoms with E-state index in [1.165, 1.54) is 0 Å². The fourth-order valence-electron chi connectivity index (χ4n) is 3.56. The highest BCUT2D eigenvalue weighted by Gasteiger charge is 2.34. The average Bonchev–Trinajstić information content (AvgIpc) is 2.85. The molecule has 0 aromatic heterocycles. The first-order valence-electron chi connectivity index (χ1n) is 11.4. The number of nitrogens with zero attached hydrogens (tertiary/aromatic N) is 1. The van der Waals surface area contributed by atoms with Gasteiger partial charge in [-0.15, -0.1) is 0 Å². The maximum atomic E-state index is 13.1. The van der Waals surface area contributed by atoms with Crippen molar-refractivity contribution in [1.29, 1.82) is 0 Å². The maximum absolute atomic E-state index is 13.1. The van der Waals surface area contributed by atoms with Crippen molar-refractivity contribution in [2.45, 2.75) is 32.2 Å². The molecule has 0 saturated carbocycles. The Morgan fingerprint density at radius 3 is 2.71 bits per heavy atom. The number of hydrogen-bond donors (Lipinski definition) is 2. The van der Waals surface area contributed by atoms with Crippen molar-refractivity contribution in [2.75, 3.05) is 26.3 Å². The monoisotopic (exact) mass is 561 g/mol. The number of carbonyl (C=O) groups excluding carboxylic acids is 3. The third-order valence-corrected chi connectivity index (χ3v) is 6.15. The number of piperazine rings is 1. The summed E-state index contributed by atoms with van der Waals surface area (Å²) in [6.07, 6.45) is 1.21. The number of hydrogen-bond acceptors (Lipinski definition) is 6. The third kappa shape index (κ3) is 7.76. The molecule has 1 fully saturated rings. The SMILES string of the molecule is CCCOC(=O)CC1C(=O)NCCN1C(=S)NC(=O)c1cc(Br)ccc1OCCc1ccccc1. The van der Waals surface area contributed by atoms with E-state index in [2.05, 4.69) is 26.6 Å². The van der Waals surface area contributed by atoms with E-state index in [-0.39, 0.29) is 24.0 Å². The van der Waals surface area contributed by atoms with Gasteiger partial charge in [0, 0.05) is 24.0 Å². The molecule has 0 radical (unpaired) electrons. The van der Waals surface area contributed by atoms with Crippen LogP contribution in [0.15, 0.2) is 53.0 Å². The first kappa shape index (κ1) is 26.6. The van der Waals surface area contributed by atoms with Gasteiger partial charge in [0.2, 0.25) is 5.91 Å². The molecular formula is C25H28BrN3O5S. The van der Waals surface area contributed by atoms with Gasteiger partial charge in [0.1, 0.15) is 11.8 Å². The predicted molar refractivity (Wildman–Crippen MR) is 139 cm³/mol. The third-order valence-electron chi connectivity index (χ3n) is 5.32. The molecule has 1 aliphatic heterocycles. The first-order chi connectivity index (χ1) is 16.9. The summed E-state index contributed by atoms with van der Waals surface area (Å²) in [5.74, 6) is -0.882. The van der Waals surface area contributed by atoms with Crippen molar-refractivity contribution in [3.05, 3.63) is 64.1 Å². The number of rotatable bonds is 9. The molecular weight excluding hydrogens is 534 g/mol. The fourth-order valence-corrected chi connectivity index (χ4v) is 4.23. The Morgan fingerprint density at radius 1 is 1.20 bits per heavy atom. The lowest BCUT2D eigenvalue weighted by Gasteiger charge is -2.36. The molecule has 2 N–H and O–H groups in total. The van der Waals surface area contributed by atoms with Crippen LogP contribution in [0.3, 0.4) is 0 Å². The van der Waals surface area contributed by atoms with Crippen LogP contribution in [0, 0.1) is 0 Å². The standard InChI is InChI=1S/C25H28BrN3O5S/c1-2-13-34-22(30)16-20-24(32)27-11-12-29(20)25(35)28-23(31)19-15-18(26)8-9-21(19)33-14-10-17-6-4-3-5-7-17/h3-9,15,20H,2,10-14,16H2,1H3,(H,27,32)(H,28,31,35). The molecule has 186 valence electrons. The molecule has 0 aliphatic carbocycles. The Bertz CT molecular complexity index is 1070. The van der Waals surface area contributed by atoms with E-state index in [1.54, 1.807) is 23.1 Å². The Morgan fingerprint density at radius 2 is 1.97 bits per heavy atom. The van der Waals surface area contributed by atoms with Crippen molar-refractivity contribution in [3.8, 4) is 5.75 Å². The highest BCUT2D eigenvalue weighted by molar-refractivity contribution is 9.10. The molecule has 2 aromatic rings. The molecule has 1 aliphatic rings. The molecule has 3 rings (SSSR count). The number of amides is 2. The van der Waals surface area contributed by atoms with E-state index in [0.29, 0.717) is 48.3 Å². The van der Waals surface area contributed by atoms with Gasteiger partial charge in [0.05, 0.1) is 25.2 Å². The van der Waals surface area contributed by atoms with Crippen LogP contribution < -0.4 is 15.4 Å². The summed E-state index contributed by atoms with van der Waals surface area (Å²) in [7, 11) is 0. The fraction of sp³-hybridized carbons (Fsp3) is 0.360. The number of benzene rings is 2. The topological polar surface area (TPSA) is 97.0 Å². The zero-order valence-electron chi connectivity index (χ0n) is 19.4. The van der Waals surface area contributed by atoms with Gasteiger partial charge in [-0.25, -0.2) is 0 Å². The van der Waals surface area contributed by atoms with E-state index in [4.69, 9.17) is 21.7 Å². The first-order valence-corrected chi connectivity index (χ1v) is 12.6. The summed E-state index contributed by atoms with van der Waals surface area (Å²) in [6.45, 7) is 3.27. The summed E-state index contributed by atoms with van der Waals surface area (Å²) in [5, 5.41) is 5.49. The van der Waals surface area contributed by atoms with Crippen molar-refractivity contribution in [3.63, 3.8) is 0 Å². The largest absolute Gasteiger partial charge is 0.492 e. The minimum absolute atomic E-state index is 0.0633. The summed E-state index contributed by atoms with van der Waals surface area (Å²) < 4.78 is 11.7. The molecule has 35 heavy (non-hydrogen) atoms. The van der Waals surface area contributed by atoms with Gasteiger partial charge in [-0.05, 0) is 42.4 Å². The molecule has 0 spiro atoms. The van der Waals surface area contributed by atoms with Gasteiger partial charge >= 0.3 is 5.97 Å². The number of thiocarbonyl (C=S) groups is 1. The van der Waals surface area contributed by atoms with Crippen LogP contribution in [-0.2, 0) is 20.7 Å². The van der Waals surface area contributed by atoms with Gasteiger partial charge in [-0.3, -0.25) is 19.7 Å². The van der Waals surface area contributed by atoms with E-state index in [9.17, 15) is 14.4 Å². The van der Waals surface area contributed by atoms with Crippen molar-refractivity contribution in [1.82, 2.24) is 15.5 Å². The van der Waals surface area contributed by atoms with Crippen molar-refractivity contribution >= 4 is 51.0 Å². The molecule has 8 nitrogen and oxygen atoms in total. The Labute approximate surface area is 218 Å². The molecule has 1 atom stereocenters. The average molecular weight is 562 g/mol. The minimum atomic E-state index is -0.856. The molecule has 1 saturated heterocycles. The molecule has 0 bridgehead atoms. The second kappa shape index (κ2) is 13.2. The molecule has 2 amide bonds. The summed E-state index contributed by atoms with van der Waals surface area (Å²) >= 11 is 8.85. The Hall–Kier alpha value is -2.98. The van der Waals surface area contributed by atoms with Crippen LogP contribution in [0.2, 0.25) is 0 Å². The number of carbonyl (C=O) groups is 3. The summed E-state index contributed by atoms with van der Waals surface area (Å²) in [6, 6.07) is 14.2. The number of nitrogens with one attached hydrogen (secondary N) is 2. The highest BCUT2D eigenvalue weighted by Crippen LogP contribution is 2.24. The Kier molecular flexibility index (Phi) is 10.0. The lowest BCUT2D eigenvalue weighted by Crippen LogP contribution is -2.60. The second-order valence-corrected chi connectivity index (χ2v) is 9.21. The van der Waals surface area contributed by atoms with E-state index < -0.39 is 17.9 Å². The zero-order valence-corrected chi connectivity index (χ0v) is 21.8. The van der Waals surface area contributed by atoms with Gasteiger partial charge < -0.3 is 19.7 Å². The van der Waals surface area contributed by atoms with Crippen LogP contribution >= 0.6 is 28.1 Å². The molecule has 2 aromatic carbocycles. The predicted octanol–water partition coefficient (Wildman–Crippen LogP) is 3.23. The number of esters is 1. The van der Waals surface area contributed by atoms with Crippen LogP contribution in [0.25, 0.3) is 0 Å². The minimum Gasteiger partial charge on any atom is -0.492 e. The Balaban J connectivity index is 1.67. The van der Waals surface area contributed by atoms with Crippen molar-refractivity contribution < 1.29 is 23.9 Å².